The summed E-state index contributed by atoms with van der Waals surface area (Å²) in [6.45, 7) is 3.82. The third-order valence-corrected chi connectivity index (χ3v) is 4.66. The lowest BCUT2D eigenvalue weighted by molar-refractivity contribution is -0.114. The molecule has 0 amide bonds. The van der Waals surface area contributed by atoms with Crippen LogP contribution in [0.5, 0.6) is 5.75 Å². The smallest absolute Gasteiger partial charge is 0.171 e. The maximum absolute atomic E-state index is 12.2. The van der Waals surface area contributed by atoms with Crippen LogP contribution in [0.3, 0.4) is 0 Å². The van der Waals surface area contributed by atoms with Crippen LogP contribution in [-0.2, 0) is 11.4 Å². The second-order valence-corrected chi connectivity index (χ2v) is 6.92. The van der Waals surface area contributed by atoms with Gasteiger partial charge in [0.2, 0.25) is 0 Å². The van der Waals surface area contributed by atoms with Gasteiger partial charge >= 0.3 is 0 Å². The van der Waals surface area contributed by atoms with Crippen LogP contribution in [0.1, 0.15) is 31.0 Å². The molecule has 0 aliphatic carbocycles. The number of rotatable bonds is 5. The van der Waals surface area contributed by atoms with Crippen LogP contribution in [0.4, 0.5) is 0 Å². The maximum Gasteiger partial charge on any atom is 0.171 e. The van der Waals surface area contributed by atoms with Gasteiger partial charge in [-0.1, -0.05) is 41.9 Å². The Morgan fingerprint density at radius 2 is 1.88 bits per heavy atom. The van der Waals surface area contributed by atoms with Crippen LogP contribution in [0, 0.1) is 0 Å². The number of allylic oxidation sites excluding steroid dienone is 1. The molecule has 0 spiro atoms. The largest absolute Gasteiger partial charge is 0.489 e. The lowest BCUT2D eigenvalue weighted by Gasteiger charge is -2.30. The second-order valence-electron chi connectivity index (χ2n) is 6.08. The molecule has 1 aliphatic heterocycles. The summed E-state index contributed by atoms with van der Waals surface area (Å²) in [4.78, 5) is 12.2. The Kier molecular flexibility index (Phi) is 5.59. The molecule has 0 bridgehead atoms. The zero-order valence-corrected chi connectivity index (χ0v) is 16.1. The van der Waals surface area contributed by atoms with Crippen LogP contribution in [0.15, 0.2) is 59.8 Å². The molecule has 26 heavy (non-hydrogen) atoms. The van der Waals surface area contributed by atoms with E-state index >= 15 is 0 Å². The first-order chi connectivity index (χ1) is 12.5. The van der Waals surface area contributed by atoms with E-state index in [0.29, 0.717) is 28.1 Å². The first kappa shape index (κ1) is 18.4. The summed E-state index contributed by atoms with van der Waals surface area (Å²) in [5, 5.41) is 7.38. The SMILES string of the molecule is CC(=O)C1=C(C)NC(=S)NC1c1ccccc1OCc1ccc(Cl)cc1. The Morgan fingerprint density at radius 3 is 2.58 bits per heavy atom. The molecule has 0 saturated heterocycles. The van der Waals surface area contributed by atoms with E-state index in [1.807, 2.05) is 55.5 Å². The summed E-state index contributed by atoms with van der Waals surface area (Å²) in [5.74, 6) is 0.693. The number of halogens is 1. The van der Waals surface area contributed by atoms with Gasteiger partial charge in [-0.05, 0) is 49.8 Å². The molecular formula is C20H19ClN2O2S. The number of benzene rings is 2. The molecule has 2 aromatic rings. The third kappa shape index (κ3) is 4.06. The molecule has 0 fully saturated rings. The summed E-state index contributed by atoms with van der Waals surface area (Å²) in [5.41, 5.74) is 3.30. The minimum atomic E-state index is -0.345. The second kappa shape index (κ2) is 7.89. The highest BCUT2D eigenvalue weighted by Crippen LogP contribution is 2.33. The van der Waals surface area contributed by atoms with E-state index in [9.17, 15) is 4.79 Å². The molecule has 1 unspecified atom stereocenters. The molecule has 1 atom stereocenters. The van der Waals surface area contributed by atoms with Crippen LogP contribution >= 0.6 is 23.8 Å². The highest BCUT2D eigenvalue weighted by molar-refractivity contribution is 7.80. The monoisotopic (exact) mass is 386 g/mol. The topological polar surface area (TPSA) is 50.4 Å². The van der Waals surface area contributed by atoms with Gasteiger partial charge in [0, 0.05) is 21.9 Å². The zero-order chi connectivity index (χ0) is 18.7. The van der Waals surface area contributed by atoms with Gasteiger partial charge in [0.15, 0.2) is 10.9 Å². The molecule has 1 heterocycles. The van der Waals surface area contributed by atoms with Gasteiger partial charge in [0.05, 0.1) is 6.04 Å². The van der Waals surface area contributed by atoms with Crippen LogP contribution < -0.4 is 15.4 Å². The Hall–Kier alpha value is -2.37. The molecule has 1 aliphatic rings. The normalized spacial score (nSPS) is 16.7. The summed E-state index contributed by atoms with van der Waals surface area (Å²) in [7, 11) is 0. The molecule has 6 heteroatoms. The lowest BCUT2D eigenvalue weighted by Crippen LogP contribution is -2.44. The van der Waals surface area contributed by atoms with Crippen LogP contribution in [0.25, 0.3) is 0 Å². The predicted molar refractivity (Wildman–Crippen MR) is 107 cm³/mol. The summed E-state index contributed by atoms with van der Waals surface area (Å²) < 4.78 is 6.03. The van der Waals surface area contributed by atoms with Gasteiger partial charge < -0.3 is 15.4 Å². The fourth-order valence-corrected chi connectivity index (χ4v) is 3.38. The van der Waals surface area contributed by atoms with Crippen molar-refractivity contribution < 1.29 is 9.53 Å². The van der Waals surface area contributed by atoms with Gasteiger partial charge in [-0.3, -0.25) is 4.79 Å². The minimum absolute atomic E-state index is 0.0116. The zero-order valence-electron chi connectivity index (χ0n) is 14.5. The van der Waals surface area contributed by atoms with Gasteiger partial charge in [-0.2, -0.15) is 0 Å². The highest BCUT2D eigenvalue weighted by atomic mass is 35.5. The van der Waals surface area contributed by atoms with E-state index in [1.54, 1.807) is 6.92 Å². The van der Waals surface area contributed by atoms with Gasteiger partial charge in [-0.15, -0.1) is 0 Å². The number of para-hydroxylation sites is 1. The van der Waals surface area contributed by atoms with E-state index in [1.165, 1.54) is 0 Å². The number of nitrogens with one attached hydrogen (secondary N) is 2. The molecular weight excluding hydrogens is 368 g/mol. The van der Waals surface area contributed by atoms with E-state index in [2.05, 4.69) is 10.6 Å². The maximum atomic E-state index is 12.2. The van der Waals surface area contributed by atoms with E-state index in [-0.39, 0.29) is 11.8 Å². The quantitative estimate of drug-likeness (QED) is 0.750. The first-order valence-corrected chi connectivity index (χ1v) is 8.99. The number of ketones is 1. The molecule has 0 aromatic heterocycles. The van der Waals surface area contributed by atoms with Crippen molar-refractivity contribution in [2.45, 2.75) is 26.5 Å². The van der Waals surface area contributed by atoms with Gasteiger partial charge in [-0.25, -0.2) is 0 Å². The first-order valence-electron chi connectivity index (χ1n) is 8.21. The van der Waals surface area contributed by atoms with Crippen molar-refractivity contribution in [1.82, 2.24) is 10.6 Å². The fourth-order valence-electron chi connectivity index (χ4n) is 2.99. The number of hydrogen-bond donors (Lipinski definition) is 2. The number of ether oxygens (including phenoxy) is 1. The molecule has 2 aromatic carbocycles. The number of carbonyl (C=O) groups excluding carboxylic acids is 1. The Balaban J connectivity index is 1.90. The number of carbonyl (C=O) groups is 1. The average molecular weight is 387 g/mol. The van der Waals surface area contributed by atoms with Gasteiger partial charge in [0.1, 0.15) is 12.4 Å². The summed E-state index contributed by atoms with van der Waals surface area (Å²) in [6, 6.07) is 14.8. The molecule has 4 nitrogen and oxygen atoms in total. The number of Topliss-reactive ketones (excluding diaryl/α,β-unsaturated/α-hetero) is 1. The molecule has 0 radical (unpaired) electrons. The van der Waals surface area contributed by atoms with Crippen molar-refractivity contribution in [3.05, 3.63) is 76.0 Å². The number of thiocarbonyl (C=S) groups is 1. The Bertz CT molecular complexity index is 878. The van der Waals surface area contributed by atoms with E-state index in [0.717, 1.165) is 16.8 Å². The van der Waals surface area contributed by atoms with E-state index in [4.69, 9.17) is 28.6 Å². The Labute approximate surface area is 163 Å². The van der Waals surface area contributed by atoms with Crippen molar-refractivity contribution in [3.8, 4) is 5.75 Å². The highest BCUT2D eigenvalue weighted by Gasteiger charge is 2.29. The number of hydrogen-bond acceptors (Lipinski definition) is 3. The third-order valence-electron chi connectivity index (χ3n) is 4.19. The van der Waals surface area contributed by atoms with Gasteiger partial charge in [0.25, 0.3) is 0 Å². The molecule has 2 N–H and O–H groups in total. The van der Waals surface area contributed by atoms with E-state index < -0.39 is 0 Å². The van der Waals surface area contributed by atoms with Crippen molar-refractivity contribution in [2.24, 2.45) is 0 Å². The summed E-state index contributed by atoms with van der Waals surface area (Å²) >= 11 is 11.2. The Morgan fingerprint density at radius 1 is 1.19 bits per heavy atom. The standard InChI is InChI=1S/C20H19ClN2O2S/c1-12-18(13(2)24)19(23-20(26)22-12)16-5-3-4-6-17(16)25-11-14-7-9-15(21)10-8-14/h3-10,19H,11H2,1-2H3,(H2,22,23,26). The van der Waals surface area contributed by atoms with Crippen molar-refractivity contribution in [1.29, 1.82) is 0 Å². The summed E-state index contributed by atoms with van der Waals surface area (Å²) in [6.07, 6.45) is 0. The van der Waals surface area contributed by atoms with Crippen molar-refractivity contribution >= 4 is 34.7 Å². The lowest BCUT2D eigenvalue weighted by atomic mass is 9.92. The molecule has 3 rings (SSSR count). The minimum Gasteiger partial charge on any atom is -0.489 e. The predicted octanol–water partition coefficient (Wildman–Crippen LogP) is 4.30. The molecule has 0 saturated carbocycles. The van der Waals surface area contributed by atoms with Crippen LogP contribution in [-0.4, -0.2) is 10.9 Å². The van der Waals surface area contributed by atoms with Crippen molar-refractivity contribution in [3.63, 3.8) is 0 Å². The fraction of sp³-hybridized carbons (Fsp3) is 0.200. The average Bonchev–Trinajstić information content (AvgIpc) is 2.60. The van der Waals surface area contributed by atoms with Crippen molar-refractivity contribution in [2.75, 3.05) is 0 Å². The molecule has 134 valence electrons. The van der Waals surface area contributed by atoms with Crippen LogP contribution in [0.2, 0.25) is 5.02 Å².